The van der Waals surface area contributed by atoms with E-state index in [1.165, 1.54) is 0 Å². The van der Waals surface area contributed by atoms with E-state index in [0.29, 0.717) is 16.4 Å². The van der Waals surface area contributed by atoms with E-state index in [1.807, 2.05) is 36.1 Å². The van der Waals surface area contributed by atoms with E-state index < -0.39 is 0 Å². The quantitative estimate of drug-likeness (QED) is 0.930. The van der Waals surface area contributed by atoms with Crippen LogP contribution in [0.2, 0.25) is 5.02 Å². The lowest BCUT2D eigenvalue weighted by Gasteiger charge is -2.18. The van der Waals surface area contributed by atoms with Gasteiger partial charge in [-0.2, -0.15) is 0 Å². The van der Waals surface area contributed by atoms with Crippen LogP contribution in [0.25, 0.3) is 0 Å². The Morgan fingerprint density at radius 2 is 2.00 bits per heavy atom. The molecule has 3 rings (SSSR count). The smallest absolute Gasteiger partial charge is 0.257 e. The van der Waals surface area contributed by atoms with E-state index in [0.717, 1.165) is 37.2 Å². The summed E-state index contributed by atoms with van der Waals surface area (Å²) in [6, 6.07) is 9.26. The first-order valence-electron chi connectivity index (χ1n) is 7.43. The number of halogens is 1. The fourth-order valence-electron chi connectivity index (χ4n) is 2.64. The largest absolute Gasteiger partial charge is 0.339 e. The third kappa shape index (κ3) is 2.92. The van der Waals surface area contributed by atoms with Crippen molar-refractivity contribution in [1.29, 1.82) is 0 Å². The molecule has 1 amide bonds. The van der Waals surface area contributed by atoms with Gasteiger partial charge >= 0.3 is 0 Å². The van der Waals surface area contributed by atoms with Gasteiger partial charge in [0.15, 0.2) is 0 Å². The fraction of sp³-hybridized carbons (Fsp3) is 0.294. The predicted octanol–water partition coefficient (Wildman–Crippen LogP) is 4.02. The van der Waals surface area contributed by atoms with Crippen LogP contribution < -0.4 is 5.32 Å². The zero-order chi connectivity index (χ0) is 15.5. The van der Waals surface area contributed by atoms with Gasteiger partial charge in [0.1, 0.15) is 5.82 Å². The number of anilines is 2. The molecule has 1 saturated heterocycles. The lowest BCUT2D eigenvalue weighted by atomic mass is 10.1. The summed E-state index contributed by atoms with van der Waals surface area (Å²) in [5, 5.41) is 3.93. The van der Waals surface area contributed by atoms with Gasteiger partial charge in [-0.15, -0.1) is 0 Å². The normalized spacial score (nSPS) is 14.2. The first kappa shape index (κ1) is 14.9. The van der Waals surface area contributed by atoms with E-state index >= 15 is 0 Å². The molecule has 1 N–H and O–H groups in total. The Balaban J connectivity index is 1.91. The highest BCUT2D eigenvalue weighted by molar-refractivity contribution is 6.31. The number of hydrogen-bond acceptors (Lipinski definition) is 3. The number of aromatic nitrogens is 1. The lowest BCUT2D eigenvalue weighted by molar-refractivity contribution is 0.0793. The molecule has 2 aromatic rings. The third-order valence-corrected chi connectivity index (χ3v) is 4.36. The molecule has 5 heteroatoms. The molecule has 0 spiro atoms. The van der Waals surface area contributed by atoms with Gasteiger partial charge in [-0.3, -0.25) is 4.79 Å². The van der Waals surface area contributed by atoms with E-state index in [9.17, 15) is 4.79 Å². The highest BCUT2D eigenvalue weighted by Crippen LogP contribution is 2.27. The van der Waals surface area contributed by atoms with Crippen LogP contribution in [0.3, 0.4) is 0 Å². The Kier molecular flexibility index (Phi) is 4.29. The Bertz CT molecular complexity index is 696. The van der Waals surface area contributed by atoms with Gasteiger partial charge in [0, 0.05) is 30.0 Å². The molecule has 4 nitrogen and oxygen atoms in total. The summed E-state index contributed by atoms with van der Waals surface area (Å²) >= 11 is 6.15. The van der Waals surface area contributed by atoms with Gasteiger partial charge in [0.2, 0.25) is 0 Å². The number of pyridine rings is 1. The van der Waals surface area contributed by atoms with Gasteiger partial charge in [-0.1, -0.05) is 17.7 Å². The minimum Gasteiger partial charge on any atom is -0.339 e. The van der Waals surface area contributed by atoms with Crippen molar-refractivity contribution in [3.8, 4) is 0 Å². The third-order valence-electron chi connectivity index (χ3n) is 3.95. The van der Waals surface area contributed by atoms with Gasteiger partial charge in [0.25, 0.3) is 5.91 Å². The van der Waals surface area contributed by atoms with Crippen molar-refractivity contribution < 1.29 is 4.79 Å². The first-order valence-corrected chi connectivity index (χ1v) is 7.81. The standard InChI is InChI=1S/C17H18ClN3O/c1-12-14(18)7-4-8-15(12)20-16-13(6-5-9-19-16)17(22)21-10-2-3-11-21/h4-9H,2-3,10-11H2,1H3,(H,19,20). The Labute approximate surface area is 135 Å². The van der Waals surface area contributed by atoms with E-state index in [4.69, 9.17) is 11.6 Å². The van der Waals surface area contributed by atoms with E-state index in [2.05, 4.69) is 10.3 Å². The number of nitrogens with one attached hydrogen (secondary N) is 1. The molecule has 114 valence electrons. The van der Waals surface area contributed by atoms with Crippen LogP contribution in [0, 0.1) is 6.92 Å². The van der Waals surface area contributed by atoms with Crippen molar-refractivity contribution in [2.75, 3.05) is 18.4 Å². The van der Waals surface area contributed by atoms with Crippen LogP contribution >= 0.6 is 11.6 Å². The average Bonchev–Trinajstić information content (AvgIpc) is 3.06. The fourth-order valence-corrected chi connectivity index (χ4v) is 2.81. The molecule has 1 aromatic carbocycles. The summed E-state index contributed by atoms with van der Waals surface area (Å²) in [5.41, 5.74) is 2.40. The second-order valence-corrected chi connectivity index (χ2v) is 5.84. The molecule has 1 aromatic heterocycles. The molecule has 0 bridgehead atoms. The minimum absolute atomic E-state index is 0.0350. The molecule has 22 heavy (non-hydrogen) atoms. The van der Waals surface area contributed by atoms with Crippen molar-refractivity contribution in [2.45, 2.75) is 19.8 Å². The maximum atomic E-state index is 12.6. The second kappa shape index (κ2) is 6.36. The maximum absolute atomic E-state index is 12.6. The van der Waals surface area contributed by atoms with Gasteiger partial charge in [0.05, 0.1) is 5.56 Å². The minimum atomic E-state index is 0.0350. The number of hydrogen-bond donors (Lipinski definition) is 1. The summed E-state index contributed by atoms with van der Waals surface area (Å²) in [7, 11) is 0. The molecule has 2 heterocycles. The first-order chi connectivity index (χ1) is 10.7. The van der Waals surface area contributed by atoms with Gasteiger partial charge < -0.3 is 10.2 Å². The number of carbonyl (C=O) groups is 1. The van der Waals surface area contributed by atoms with E-state index in [-0.39, 0.29) is 5.91 Å². The predicted molar refractivity (Wildman–Crippen MR) is 88.8 cm³/mol. The molecule has 1 aliphatic heterocycles. The molecule has 0 aliphatic carbocycles. The van der Waals surface area contributed by atoms with E-state index in [1.54, 1.807) is 12.3 Å². The molecule has 1 aliphatic rings. The van der Waals surface area contributed by atoms with Crippen LogP contribution in [0.4, 0.5) is 11.5 Å². The summed E-state index contributed by atoms with van der Waals surface area (Å²) in [6.45, 7) is 3.59. The number of carbonyl (C=O) groups excluding carboxylic acids is 1. The summed E-state index contributed by atoms with van der Waals surface area (Å²) in [6.07, 6.45) is 3.83. The SMILES string of the molecule is Cc1c(Cl)cccc1Nc1ncccc1C(=O)N1CCCC1. The second-order valence-electron chi connectivity index (χ2n) is 5.44. The molecular formula is C17H18ClN3O. The number of rotatable bonds is 3. The molecule has 0 radical (unpaired) electrons. The Morgan fingerprint density at radius 1 is 1.23 bits per heavy atom. The zero-order valence-corrected chi connectivity index (χ0v) is 13.2. The van der Waals surface area contributed by atoms with Crippen LogP contribution in [0.1, 0.15) is 28.8 Å². The number of benzene rings is 1. The Morgan fingerprint density at radius 3 is 2.77 bits per heavy atom. The number of nitrogens with zero attached hydrogens (tertiary/aromatic N) is 2. The summed E-state index contributed by atoms with van der Waals surface area (Å²) < 4.78 is 0. The number of likely N-dealkylation sites (tertiary alicyclic amines) is 1. The summed E-state index contributed by atoms with van der Waals surface area (Å²) in [5.74, 6) is 0.609. The van der Waals surface area contributed by atoms with Crippen LogP contribution in [0.5, 0.6) is 0 Å². The average molecular weight is 316 g/mol. The van der Waals surface area contributed by atoms with Crippen LogP contribution in [-0.2, 0) is 0 Å². The highest BCUT2D eigenvalue weighted by Gasteiger charge is 2.22. The zero-order valence-electron chi connectivity index (χ0n) is 12.5. The highest BCUT2D eigenvalue weighted by atomic mass is 35.5. The van der Waals surface area contributed by atoms with Crippen molar-refractivity contribution >= 4 is 29.0 Å². The molecule has 0 saturated carbocycles. The van der Waals surface area contributed by atoms with Crippen molar-refractivity contribution in [1.82, 2.24) is 9.88 Å². The Hall–Kier alpha value is -2.07. The molecule has 0 atom stereocenters. The van der Waals surface area contributed by atoms with Crippen molar-refractivity contribution in [3.63, 3.8) is 0 Å². The summed E-state index contributed by atoms with van der Waals surface area (Å²) in [4.78, 5) is 18.8. The number of amides is 1. The molecule has 1 fully saturated rings. The monoisotopic (exact) mass is 315 g/mol. The van der Waals surface area contributed by atoms with Crippen LogP contribution in [-0.4, -0.2) is 28.9 Å². The van der Waals surface area contributed by atoms with Crippen molar-refractivity contribution in [3.05, 3.63) is 52.7 Å². The van der Waals surface area contributed by atoms with Gasteiger partial charge in [-0.05, 0) is 49.6 Å². The van der Waals surface area contributed by atoms with Crippen LogP contribution in [0.15, 0.2) is 36.5 Å². The maximum Gasteiger partial charge on any atom is 0.257 e. The van der Waals surface area contributed by atoms with Gasteiger partial charge in [-0.25, -0.2) is 4.98 Å². The molecular weight excluding hydrogens is 298 g/mol. The molecule has 0 unspecified atom stereocenters. The van der Waals surface area contributed by atoms with Crippen molar-refractivity contribution in [2.24, 2.45) is 0 Å². The topological polar surface area (TPSA) is 45.2 Å². The lowest BCUT2D eigenvalue weighted by Crippen LogP contribution is -2.28.